The third-order valence-corrected chi connectivity index (χ3v) is 4.16. The van der Waals surface area contributed by atoms with Gasteiger partial charge in [-0.2, -0.15) is 5.10 Å². The second-order valence-corrected chi connectivity index (χ2v) is 5.84. The maximum absolute atomic E-state index is 13.2. The number of rotatable bonds is 2. The van der Waals surface area contributed by atoms with Crippen LogP contribution in [-0.4, -0.2) is 20.9 Å². The summed E-state index contributed by atoms with van der Waals surface area (Å²) >= 11 is 6.08. The molecular weight excluding hydrogens is 295 g/mol. The molecule has 2 aromatic rings. The van der Waals surface area contributed by atoms with E-state index in [0.29, 0.717) is 18.0 Å². The van der Waals surface area contributed by atoms with Crippen molar-refractivity contribution in [2.75, 3.05) is 0 Å². The van der Waals surface area contributed by atoms with E-state index in [1.54, 1.807) is 4.68 Å². The molecule has 4 nitrogen and oxygen atoms in total. The van der Waals surface area contributed by atoms with Crippen LogP contribution in [0.2, 0.25) is 5.02 Å². The number of carbonyl (C=O) groups is 1. The normalized spacial score (nSPS) is 17.6. The van der Waals surface area contributed by atoms with Crippen LogP contribution in [-0.2, 0) is 12.8 Å². The van der Waals surface area contributed by atoms with Crippen LogP contribution in [0.4, 0.5) is 4.39 Å². The van der Waals surface area contributed by atoms with Gasteiger partial charge in [-0.3, -0.25) is 0 Å². The Labute approximate surface area is 126 Å². The summed E-state index contributed by atoms with van der Waals surface area (Å²) in [5.74, 6) is -1.05. The molecule has 0 aliphatic heterocycles. The van der Waals surface area contributed by atoms with Gasteiger partial charge >= 0.3 is 5.97 Å². The predicted molar refractivity (Wildman–Crippen MR) is 76.7 cm³/mol. The van der Waals surface area contributed by atoms with Crippen LogP contribution < -0.4 is 0 Å². The van der Waals surface area contributed by atoms with Crippen molar-refractivity contribution in [3.8, 4) is 5.69 Å². The molecule has 1 aliphatic carbocycles. The van der Waals surface area contributed by atoms with Crippen molar-refractivity contribution in [2.24, 2.45) is 5.92 Å². The quantitative estimate of drug-likeness (QED) is 0.924. The lowest BCUT2D eigenvalue weighted by Crippen LogP contribution is -2.14. The minimum absolute atomic E-state index is 0.0666. The summed E-state index contributed by atoms with van der Waals surface area (Å²) in [7, 11) is 0. The Kier molecular flexibility index (Phi) is 3.45. The van der Waals surface area contributed by atoms with Crippen molar-refractivity contribution in [3.63, 3.8) is 0 Å². The average molecular weight is 309 g/mol. The standard InChI is InChI=1S/C15H14ClFN2O2/c1-8-2-4-12-10(6-8)14(15(20)21)18-19(12)13-5-3-9(17)7-11(13)16/h3,5,7-8H,2,4,6H2,1H3,(H,20,21). The van der Waals surface area contributed by atoms with E-state index in [4.69, 9.17) is 11.6 Å². The number of aromatic nitrogens is 2. The fourth-order valence-electron chi connectivity index (χ4n) is 2.81. The lowest BCUT2D eigenvalue weighted by atomic mass is 9.87. The number of carboxylic acid groups (broad SMARTS) is 1. The first-order valence-electron chi connectivity index (χ1n) is 6.77. The van der Waals surface area contributed by atoms with Crippen LogP contribution >= 0.6 is 11.6 Å². The first-order chi connectivity index (χ1) is 9.97. The average Bonchev–Trinajstić information content (AvgIpc) is 2.77. The van der Waals surface area contributed by atoms with E-state index in [-0.39, 0.29) is 10.7 Å². The third-order valence-electron chi connectivity index (χ3n) is 3.86. The molecule has 110 valence electrons. The van der Waals surface area contributed by atoms with E-state index in [1.807, 2.05) is 0 Å². The number of aromatic carboxylic acids is 1. The fourth-order valence-corrected chi connectivity index (χ4v) is 3.06. The van der Waals surface area contributed by atoms with Crippen molar-refractivity contribution >= 4 is 17.6 Å². The SMILES string of the molecule is CC1CCc2c(c(C(=O)O)nn2-c2ccc(F)cc2Cl)C1. The van der Waals surface area contributed by atoms with Gasteiger partial charge in [0.15, 0.2) is 5.69 Å². The molecule has 1 atom stereocenters. The van der Waals surface area contributed by atoms with E-state index >= 15 is 0 Å². The van der Waals surface area contributed by atoms with Gasteiger partial charge in [-0.15, -0.1) is 0 Å². The minimum Gasteiger partial charge on any atom is -0.476 e. The summed E-state index contributed by atoms with van der Waals surface area (Å²) in [5.41, 5.74) is 2.20. The summed E-state index contributed by atoms with van der Waals surface area (Å²) in [6.45, 7) is 2.09. The smallest absolute Gasteiger partial charge is 0.356 e. The highest BCUT2D eigenvalue weighted by molar-refractivity contribution is 6.32. The Morgan fingerprint density at radius 2 is 2.29 bits per heavy atom. The van der Waals surface area contributed by atoms with E-state index in [9.17, 15) is 14.3 Å². The predicted octanol–water partition coefficient (Wildman–Crippen LogP) is 3.49. The highest BCUT2D eigenvalue weighted by Crippen LogP contribution is 2.32. The molecule has 1 N–H and O–H groups in total. The topological polar surface area (TPSA) is 55.1 Å². The first kappa shape index (κ1) is 14.1. The van der Waals surface area contributed by atoms with Crippen LogP contribution in [0.25, 0.3) is 5.69 Å². The van der Waals surface area contributed by atoms with Crippen LogP contribution in [0.5, 0.6) is 0 Å². The maximum Gasteiger partial charge on any atom is 0.356 e. The van der Waals surface area contributed by atoms with E-state index < -0.39 is 11.8 Å². The van der Waals surface area contributed by atoms with Crippen molar-refractivity contribution < 1.29 is 14.3 Å². The number of nitrogens with zero attached hydrogens (tertiary/aromatic N) is 2. The van der Waals surface area contributed by atoms with Crippen LogP contribution in [0, 0.1) is 11.7 Å². The largest absolute Gasteiger partial charge is 0.476 e. The molecule has 3 rings (SSSR count). The highest BCUT2D eigenvalue weighted by atomic mass is 35.5. The molecule has 6 heteroatoms. The van der Waals surface area contributed by atoms with E-state index in [0.717, 1.165) is 24.1 Å². The second kappa shape index (κ2) is 5.15. The molecule has 1 aliphatic rings. The van der Waals surface area contributed by atoms with Crippen molar-refractivity contribution in [1.29, 1.82) is 0 Å². The molecule has 1 aromatic carbocycles. The maximum atomic E-state index is 13.2. The summed E-state index contributed by atoms with van der Waals surface area (Å²) in [6, 6.07) is 4.02. The Balaban J connectivity index is 2.19. The van der Waals surface area contributed by atoms with Gasteiger partial charge in [-0.25, -0.2) is 13.9 Å². The molecule has 0 fully saturated rings. The highest BCUT2D eigenvalue weighted by Gasteiger charge is 2.28. The van der Waals surface area contributed by atoms with Crippen molar-refractivity contribution in [1.82, 2.24) is 9.78 Å². The van der Waals surface area contributed by atoms with E-state index in [1.165, 1.54) is 18.2 Å². The Morgan fingerprint density at radius 3 is 2.95 bits per heavy atom. The molecule has 0 bridgehead atoms. The number of carboxylic acids is 1. The zero-order valence-corrected chi connectivity index (χ0v) is 12.2. The Bertz CT molecular complexity index is 727. The Hall–Kier alpha value is -1.88. The van der Waals surface area contributed by atoms with Crippen molar-refractivity contribution in [2.45, 2.75) is 26.2 Å². The lowest BCUT2D eigenvalue weighted by molar-refractivity contribution is 0.0688. The van der Waals surface area contributed by atoms with Gasteiger partial charge in [0.1, 0.15) is 5.82 Å². The van der Waals surface area contributed by atoms with Gasteiger partial charge in [0.25, 0.3) is 0 Å². The first-order valence-corrected chi connectivity index (χ1v) is 7.14. The van der Waals surface area contributed by atoms with Crippen molar-refractivity contribution in [3.05, 3.63) is 46.0 Å². The number of hydrogen-bond acceptors (Lipinski definition) is 2. The third kappa shape index (κ3) is 2.42. The molecule has 0 spiro atoms. The van der Waals surface area contributed by atoms with Crippen LogP contribution in [0.1, 0.15) is 35.1 Å². The van der Waals surface area contributed by atoms with Gasteiger partial charge in [0.05, 0.1) is 10.7 Å². The summed E-state index contributed by atoms with van der Waals surface area (Å²) in [4.78, 5) is 11.4. The molecule has 1 unspecified atom stereocenters. The Morgan fingerprint density at radius 1 is 1.52 bits per heavy atom. The monoisotopic (exact) mass is 308 g/mol. The van der Waals surface area contributed by atoms with Gasteiger partial charge in [0.2, 0.25) is 0 Å². The molecular formula is C15H14ClFN2O2. The molecule has 1 heterocycles. The molecule has 0 radical (unpaired) electrons. The summed E-state index contributed by atoms with van der Waals surface area (Å²) in [5, 5.41) is 13.7. The molecule has 21 heavy (non-hydrogen) atoms. The summed E-state index contributed by atoms with van der Waals surface area (Å²) in [6.07, 6.45) is 2.40. The lowest BCUT2D eigenvalue weighted by Gasteiger charge is -2.19. The second-order valence-electron chi connectivity index (χ2n) is 5.43. The number of fused-ring (bicyclic) bond motifs is 1. The number of halogens is 2. The molecule has 1 aromatic heterocycles. The van der Waals surface area contributed by atoms with Crippen LogP contribution in [0.3, 0.4) is 0 Å². The zero-order valence-electron chi connectivity index (χ0n) is 11.4. The van der Waals surface area contributed by atoms with Gasteiger partial charge in [-0.1, -0.05) is 18.5 Å². The molecule has 0 amide bonds. The fraction of sp³-hybridized carbons (Fsp3) is 0.333. The van der Waals surface area contributed by atoms with Crippen LogP contribution in [0.15, 0.2) is 18.2 Å². The zero-order chi connectivity index (χ0) is 15.1. The van der Waals surface area contributed by atoms with Gasteiger partial charge < -0.3 is 5.11 Å². The van der Waals surface area contributed by atoms with Gasteiger partial charge in [0, 0.05) is 11.3 Å². The number of hydrogen-bond donors (Lipinski definition) is 1. The molecule has 0 saturated carbocycles. The van der Waals surface area contributed by atoms with E-state index in [2.05, 4.69) is 12.0 Å². The van der Waals surface area contributed by atoms with Gasteiger partial charge in [-0.05, 0) is 43.4 Å². The number of benzene rings is 1. The molecule has 0 saturated heterocycles. The summed E-state index contributed by atoms with van der Waals surface area (Å²) < 4.78 is 14.7. The minimum atomic E-state index is -1.04.